The molecular weight excluding hydrogens is 1060 g/mol. The smallest absolute Gasteiger partial charge is 0.119 e. The van der Waals surface area contributed by atoms with E-state index in [0.29, 0.717) is 12.5 Å². The second-order valence-electron chi connectivity index (χ2n) is 24.8. The van der Waals surface area contributed by atoms with Crippen molar-refractivity contribution in [3.8, 4) is 55.9 Å². The SMILES string of the molecule is C=Cc1ccc(OCC(CC)CCCCC2(c3ccccc3)c3ccccc3-c3ccc(N(c4ccc(-c5ccc(C(C)(C)C)cc5)cc4)c4ccc(-c5ccc6c(c5)c5cc(-c7ccc(C=C)cc7)ccc5n6-c5ccc(C=C)cc5)cc4)cc32)cc1. The van der Waals surface area contributed by atoms with Gasteiger partial charge in [-0.2, -0.15) is 0 Å². The standard InChI is InChI=1S/C85H76N2O/c1-8-59-24-30-65(31-25-59)67-38-52-82-78(55-67)79-56-68(39-53-83(79)87(82)73-42-26-60(9-2)27-43-73)66-36-46-72(47-37-66)86(71-44-34-64(35-45-71)63-32-40-69(41-33-63)84(5,6)7)74-48-51-77-76-22-15-16-23-80(76)85(81(77)57-74,70-20-13-12-14-21-70)54-18-17-19-62(11-4)58-88-75-49-28-61(10-3)29-50-75/h8-10,12-16,20-53,55-57,62H,1-3,11,17-19,54,58H2,4-7H3. The highest BCUT2D eigenvalue weighted by Crippen LogP contribution is 2.57. The van der Waals surface area contributed by atoms with Gasteiger partial charge in [-0.15, -0.1) is 0 Å². The Morgan fingerprint density at radius 1 is 0.466 bits per heavy atom. The Labute approximate surface area is 520 Å². The first-order chi connectivity index (χ1) is 43.0. The van der Waals surface area contributed by atoms with Crippen LogP contribution in [0.4, 0.5) is 17.1 Å². The highest BCUT2D eigenvalue weighted by Gasteiger charge is 2.44. The molecule has 1 aliphatic carbocycles. The quantitative estimate of drug-likeness (QED) is 0.0708. The molecule has 0 N–H and O–H groups in total. The van der Waals surface area contributed by atoms with Gasteiger partial charge in [-0.25, -0.2) is 0 Å². The van der Waals surface area contributed by atoms with Crippen LogP contribution in [0.3, 0.4) is 0 Å². The highest BCUT2D eigenvalue weighted by molar-refractivity contribution is 6.11. The van der Waals surface area contributed by atoms with Crippen LogP contribution >= 0.6 is 0 Å². The summed E-state index contributed by atoms with van der Waals surface area (Å²) < 4.78 is 8.77. The van der Waals surface area contributed by atoms with Crippen molar-refractivity contribution in [1.29, 1.82) is 0 Å². The molecule has 0 fully saturated rings. The van der Waals surface area contributed by atoms with Crippen molar-refractivity contribution in [2.75, 3.05) is 11.5 Å². The Morgan fingerprint density at radius 3 is 1.50 bits per heavy atom. The third kappa shape index (κ3) is 11.0. The van der Waals surface area contributed by atoms with Crippen LogP contribution in [0.2, 0.25) is 0 Å². The minimum atomic E-state index is -0.360. The molecule has 432 valence electrons. The van der Waals surface area contributed by atoms with Gasteiger partial charge < -0.3 is 14.2 Å². The Hall–Kier alpha value is -9.96. The Bertz CT molecular complexity index is 4470. The number of fused-ring (bicyclic) bond motifs is 6. The summed E-state index contributed by atoms with van der Waals surface area (Å²) in [7, 11) is 0. The number of ether oxygens (including phenoxy) is 1. The number of nitrogens with zero attached hydrogens (tertiary/aromatic N) is 2. The van der Waals surface area contributed by atoms with E-state index in [1.807, 2.05) is 18.2 Å². The lowest BCUT2D eigenvalue weighted by atomic mass is 9.69. The number of benzene rings is 11. The maximum absolute atomic E-state index is 6.38. The largest absolute Gasteiger partial charge is 0.493 e. The fourth-order valence-corrected chi connectivity index (χ4v) is 13.5. The number of anilines is 3. The van der Waals surface area contributed by atoms with Gasteiger partial charge in [0.15, 0.2) is 0 Å². The molecule has 0 amide bonds. The van der Waals surface area contributed by atoms with Gasteiger partial charge in [0.25, 0.3) is 0 Å². The molecule has 0 saturated heterocycles. The second kappa shape index (κ2) is 24.4. The van der Waals surface area contributed by atoms with Gasteiger partial charge in [0.05, 0.1) is 17.6 Å². The van der Waals surface area contributed by atoms with Crippen LogP contribution in [0, 0.1) is 5.92 Å². The minimum Gasteiger partial charge on any atom is -0.493 e. The fourth-order valence-electron chi connectivity index (χ4n) is 13.5. The fraction of sp³-hybridized carbons (Fsp3) is 0.153. The average molecular weight is 1140 g/mol. The van der Waals surface area contributed by atoms with Crippen LogP contribution in [-0.2, 0) is 10.8 Å². The molecule has 11 aromatic carbocycles. The summed E-state index contributed by atoms with van der Waals surface area (Å²) in [6.45, 7) is 21.8. The lowest BCUT2D eigenvalue weighted by molar-refractivity contribution is 0.232. The highest BCUT2D eigenvalue weighted by atomic mass is 16.5. The topological polar surface area (TPSA) is 17.4 Å². The molecule has 0 bridgehead atoms. The first-order valence-corrected chi connectivity index (χ1v) is 31.3. The van der Waals surface area contributed by atoms with E-state index in [2.05, 4.69) is 312 Å². The van der Waals surface area contributed by atoms with Gasteiger partial charge in [0.1, 0.15) is 5.75 Å². The summed E-state index contributed by atoms with van der Waals surface area (Å²) in [6, 6.07) is 94.7. The van der Waals surface area contributed by atoms with Crippen molar-refractivity contribution in [1.82, 2.24) is 4.57 Å². The zero-order valence-electron chi connectivity index (χ0n) is 51.2. The van der Waals surface area contributed by atoms with Crippen molar-refractivity contribution < 1.29 is 4.74 Å². The van der Waals surface area contributed by atoms with E-state index in [9.17, 15) is 0 Å². The normalized spacial score (nSPS) is 13.9. The predicted octanol–water partition coefficient (Wildman–Crippen LogP) is 23.5. The lowest BCUT2D eigenvalue weighted by Crippen LogP contribution is -2.27. The molecule has 13 rings (SSSR count). The molecule has 0 spiro atoms. The summed E-state index contributed by atoms with van der Waals surface area (Å²) in [4.78, 5) is 2.46. The zero-order chi connectivity index (χ0) is 60.4. The van der Waals surface area contributed by atoms with Crippen LogP contribution in [0.5, 0.6) is 5.75 Å². The van der Waals surface area contributed by atoms with E-state index in [1.165, 1.54) is 66.4 Å². The summed E-state index contributed by atoms with van der Waals surface area (Å²) in [5, 5.41) is 2.41. The van der Waals surface area contributed by atoms with E-state index < -0.39 is 0 Å². The maximum Gasteiger partial charge on any atom is 0.119 e. The Balaban J connectivity index is 0.887. The van der Waals surface area contributed by atoms with Gasteiger partial charge in [-0.05, 0) is 193 Å². The number of aromatic nitrogens is 1. The average Bonchev–Trinajstić information content (AvgIpc) is 1.61. The van der Waals surface area contributed by atoms with Gasteiger partial charge in [-0.3, -0.25) is 0 Å². The third-order valence-corrected chi connectivity index (χ3v) is 18.6. The minimum absolute atomic E-state index is 0.0797. The van der Waals surface area contributed by atoms with Crippen molar-refractivity contribution in [3.05, 3.63) is 313 Å². The molecule has 0 radical (unpaired) electrons. The molecule has 3 nitrogen and oxygen atoms in total. The Kier molecular flexibility index (Phi) is 15.9. The maximum atomic E-state index is 6.38. The van der Waals surface area contributed by atoms with Crippen LogP contribution in [-0.4, -0.2) is 11.2 Å². The van der Waals surface area contributed by atoms with Crippen molar-refractivity contribution in [2.24, 2.45) is 5.92 Å². The molecule has 3 heteroatoms. The number of hydrogen-bond donors (Lipinski definition) is 0. The molecule has 88 heavy (non-hydrogen) atoms. The summed E-state index contributed by atoms with van der Waals surface area (Å²) in [5.74, 6) is 1.38. The molecule has 12 aromatic rings. The number of unbranched alkanes of at least 4 members (excludes halogenated alkanes) is 1. The first kappa shape index (κ1) is 57.1. The molecule has 2 unspecified atom stereocenters. The molecular formula is C85H76N2O. The van der Waals surface area contributed by atoms with Crippen LogP contribution in [0.25, 0.3) is 90.2 Å². The molecule has 1 aliphatic rings. The van der Waals surface area contributed by atoms with Crippen LogP contribution < -0.4 is 9.64 Å². The molecule has 0 aliphatic heterocycles. The zero-order valence-corrected chi connectivity index (χ0v) is 51.2. The van der Waals surface area contributed by atoms with Gasteiger partial charge in [0, 0.05) is 38.9 Å². The Morgan fingerprint density at radius 2 is 0.943 bits per heavy atom. The molecule has 0 saturated carbocycles. The van der Waals surface area contributed by atoms with Crippen molar-refractivity contribution in [3.63, 3.8) is 0 Å². The number of hydrogen-bond acceptors (Lipinski definition) is 2. The molecule has 2 atom stereocenters. The second-order valence-corrected chi connectivity index (χ2v) is 24.8. The summed E-state index contributed by atoms with van der Waals surface area (Å²) in [5.41, 5.74) is 24.8. The van der Waals surface area contributed by atoms with E-state index in [4.69, 9.17) is 4.74 Å². The van der Waals surface area contributed by atoms with Gasteiger partial charge >= 0.3 is 0 Å². The van der Waals surface area contributed by atoms with Gasteiger partial charge in [-0.1, -0.05) is 255 Å². The summed E-state index contributed by atoms with van der Waals surface area (Å²) in [6.07, 6.45) is 11.0. The number of rotatable bonds is 20. The van der Waals surface area contributed by atoms with Crippen LogP contribution in [0.1, 0.15) is 98.7 Å². The van der Waals surface area contributed by atoms with E-state index >= 15 is 0 Å². The molecule has 1 aromatic heterocycles. The van der Waals surface area contributed by atoms with Crippen molar-refractivity contribution >= 4 is 57.1 Å². The van der Waals surface area contributed by atoms with Crippen molar-refractivity contribution in [2.45, 2.75) is 70.6 Å². The summed E-state index contributed by atoms with van der Waals surface area (Å²) >= 11 is 0. The first-order valence-electron chi connectivity index (χ1n) is 31.3. The van der Waals surface area contributed by atoms with E-state index in [1.54, 1.807) is 0 Å². The van der Waals surface area contributed by atoms with Crippen LogP contribution in [0.15, 0.2) is 275 Å². The van der Waals surface area contributed by atoms with E-state index in [0.717, 1.165) is 99.5 Å². The predicted molar refractivity (Wildman–Crippen MR) is 377 cm³/mol. The van der Waals surface area contributed by atoms with E-state index in [-0.39, 0.29) is 10.8 Å². The molecule has 1 heterocycles. The third-order valence-electron chi connectivity index (χ3n) is 18.6. The van der Waals surface area contributed by atoms with Gasteiger partial charge in [0.2, 0.25) is 0 Å². The monoisotopic (exact) mass is 1140 g/mol. The lowest BCUT2D eigenvalue weighted by Gasteiger charge is -2.34.